The van der Waals surface area contributed by atoms with Crippen molar-refractivity contribution in [2.45, 2.75) is 51.6 Å². The minimum absolute atomic E-state index is 0. The lowest BCUT2D eigenvalue weighted by Gasteiger charge is -2.42. The molecule has 2 saturated heterocycles. The summed E-state index contributed by atoms with van der Waals surface area (Å²) < 4.78 is 14.4. The molecular weight excluding hydrogens is 544 g/mol. The van der Waals surface area contributed by atoms with E-state index >= 15 is 0 Å². The summed E-state index contributed by atoms with van der Waals surface area (Å²) in [6, 6.07) is 4.44. The maximum atomic E-state index is 14.4. The highest BCUT2D eigenvalue weighted by Gasteiger charge is 2.36. The lowest BCUT2D eigenvalue weighted by molar-refractivity contribution is 0.0645. The van der Waals surface area contributed by atoms with Gasteiger partial charge in [0.05, 0.1) is 10.9 Å². The van der Waals surface area contributed by atoms with E-state index in [0.717, 1.165) is 61.1 Å². The third-order valence-electron chi connectivity index (χ3n) is 6.79. The third-order valence-corrected chi connectivity index (χ3v) is 8.26. The Kier molecular flexibility index (Phi) is 11.9. The summed E-state index contributed by atoms with van der Waals surface area (Å²) in [5.41, 5.74) is 4.81. The molecule has 2 N–H and O–H groups in total. The number of benzene rings is 1. The highest BCUT2D eigenvalue weighted by Crippen LogP contribution is 2.38. The van der Waals surface area contributed by atoms with Crippen molar-refractivity contribution in [3.8, 4) is 0 Å². The fraction of sp³-hybridized carbons (Fsp3) is 0.542. The van der Waals surface area contributed by atoms with Gasteiger partial charge in [0.15, 0.2) is 5.17 Å². The highest BCUT2D eigenvalue weighted by atomic mass is 35.5. The summed E-state index contributed by atoms with van der Waals surface area (Å²) >= 11 is 7.05. The fourth-order valence-corrected chi connectivity index (χ4v) is 6.26. The van der Waals surface area contributed by atoms with Crippen LogP contribution in [-0.2, 0) is 0 Å². The summed E-state index contributed by atoms with van der Waals surface area (Å²) in [4.78, 5) is 21.8. The van der Waals surface area contributed by atoms with Crippen molar-refractivity contribution in [3.05, 3.63) is 40.0 Å². The van der Waals surface area contributed by atoms with Gasteiger partial charge in [0.2, 0.25) is 0 Å². The number of hydrazine groups is 1. The maximum absolute atomic E-state index is 14.4. The number of hydrogen-bond donors (Lipinski definition) is 2. The van der Waals surface area contributed by atoms with Crippen molar-refractivity contribution >= 4 is 71.1 Å². The van der Waals surface area contributed by atoms with E-state index in [-0.39, 0.29) is 36.7 Å². The van der Waals surface area contributed by atoms with Crippen molar-refractivity contribution in [1.82, 2.24) is 20.2 Å². The Labute approximate surface area is 234 Å². The lowest BCUT2D eigenvalue weighted by Crippen LogP contribution is -2.48. The number of halogens is 3. The zero-order chi connectivity index (χ0) is 24.2. The van der Waals surface area contributed by atoms with Crippen LogP contribution in [0.15, 0.2) is 28.1 Å². The Balaban J connectivity index is 0.00000228. The number of carboxylic acid groups (broad SMARTS) is 1. The van der Waals surface area contributed by atoms with Crippen LogP contribution in [0.25, 0.3) is 6.08 Å². The SMILES string of the molecule is CCN(CC)C1CCN(C(=O)O)C(c2cc(F)ccc2C=C2SC(N3CCCCN3)=NC2=S)C1.Cl.Cl. The zero-order valence-electron chi connectivity index (χ0n) is 20.5. The largest absolute Gasteiger partial charge is 0.465 e. The molecule has 0 aromatic heterocycles. The number of nitrogens with one attached hydrogen (secondary N) is 1. The molecule has 3 heterocycles. The van der Waals surface area contributed by atoms with E-state index in [9.17, 15) is 14.3 Å². The number of thioether (sulfide) groups is 1. The number of piperidine rings is 1. The van der Waals surface area contributed by atoms with Crippen LogP contribution in [0.3, 0.4) is 0 Å². The molecule has 0 spiro atoms. The Morgan fingerprint density at radius 1 is 1.31 bits per heavy atom. The van der Waals surface area contributed by atoms with Crippen molar-refractivity contribution in [2.24, 2.45) is 4.99 Å². The van der Waals surface area contributed by atoms with Crippen LogP contribution >= 0.6 is 48.8 Å². The highest BCUT2D eigenvalue weighted by molar-refractivity contribution is 8.19. The van der Waals surface area contributed by atoms with Crippen molar-refractivity contribution < 1.29 is 14.3 Å². The predicted octanol–water partition coefficient (Wildman–Crippen LogP) is 5.57. The van der Waals surface area contributed by atoms with Crippen LogP contribution in [-0.4, -0.2) is 74.9 Å². The van der Waals surface area contributed by atoms with E-state index in [0.29, 0.717) is 23.5 Å². The van der Waals surface area contributed by atoms with Crippen LogP contribution in [0.4, 0.5) is 9.18 Å². The Morgan fingerprint density at radius 2 is 2.06 bits per heavy atom. The molecule has 3 aliphatic heterocycles. The molecule has 0 radical (unpaired) electrons. The first-order valence-electron chi connectivity index (χ1n) is 12.0. The summed E-state index contributed by atoms with van der Waals surface area (Å²) in [6.45, 7) is 8.25. The molecule has 12 heteroatoms. The van der Waals surface area contributed by atoms with Gasteiger partial charge >= 0.3 is 6.09 Å². The number of nitrogens with zero attached hydrogens (tertiary/aromatic N) is 4. The number of rotatable bonds is 5. The van der Waals surface area contributed by atoms with Gasteiger partial charge in [-0.2, -0.15) is 0 Å². The quantitative estimate of drug-likeness (QED) is 0.350. The van der Waals surface area contributed by atoms with E-state index in [1.165, 1.54) is 28.8 Å². The molecule has 3 aliphatic rings. The first-order valence-corrected chi connectivity index (χ1v) is 13.2. The van der Waals surface area contributed by atoms with Crippen molar-refractivity contribution in [3.63, 3.8) is 0 Å². The lowest BCUT2D eigenvalue weighted by atomic mass is 9.88. The van der Waals surface area contributed by atoms with Crippen molar-refractivity contribution in [2.75, 3.05) is 32.7 Å². The normalized spacial score (nSPS) is 23.4. The number of carbonyl (C=O) groups is 1. The second kappa shape index (κ2) is 13.9. The van der Waals surface area contributed by atoms with Gasteiger partial charge in [0.25, 0.3) is 0 Å². The van der Waals surface area contributed by atoms with Gasteiger partial charge in [0.1, 0.15) is 10.8 Å². The molecule has 1 amide bonds. The first-order chi connectivity index (χ1) is 16.4. The minimum atomic E-state index is -0.974. The molecule has 0 bridgehead atoms. The van der Waals surface area contributed by atoms with E-state index in [1.54, 1.807) is 6.07 Å². The van der Waals surface area contributed by atoms with E-state index < -0.39 is 12.1 Å². The zero-order valence-corrected chi connectivity index (χ0v) is 23.7. The van der Waals surface area contributed by atoms with Gasteiger partial charge in [-0.15, -0.1) is 24.8 Å². The fourth-order valence-electron chi connectivity index (χ4n) is 5.01. The maximum Gasteiger partial charge on any atom is 0.407 e. The van der Waals surface area contributed by atoms with Gasteiger partial charge in [-0.3, -0.25) is 5.01 Å². The molecule has 1 aromatic carbocycles. The number of amides is 1. The number of likely N-dealkylation sites (tertiary alicyclic amines) is 1. The van der Waals surface area contributed by atoms with Crippen molar-refractivity contribution in [1.29, 1.82) is 0 Å². The molecule has 2 atom stereocenters. The minimum Gasteiger partial charge on any atom is -0.465 e. The Hall–Kier alpha value is -1.43. The second-order valence-electron chi connectivity index (χ2n) is 8.74. The van der Waals surface area contributed by atoms with Gasteiger partial charge in [-0.25, -0.2) is 19.6 Å². The van der Waals surface area contributed by atoms with Gasteiger partial charge in [-0.1, -0.05) is 32.1 Å². The van der Waals surface area contributed by atoms with E-state index in [2.05, 4.69) is 29.2 Å². The van der Waals surface area contributed by atoms with E-state index in [4.69, 9.17) is 12.2 Å². The number of thiocarbonyl (C=S) groups is 1. The number of amidine groups is 1. The standard InChI is InChI=1S/C24H32FN5O2S2.2ClH/c1-3-28(4-2)18-9-12-29(24(31)32)20(15-18)19-14-17(25)8-7-16(19)13-21-22(33)27-23(34-21)30-11-6-5-10-26-30;;/h7-8,13-14,18,20,26H,3-6,9-12,15H2,1-2H3,(H,31,32);2*1H. The Morgan fingerprint density at radius 3 is 2.69 bits per heavy atom. The summed E-state index contributed by atoms with van der Waals surface area (Å²) in [5, 5.41) is 12.8. The van der Waals surface area contributed by atoms with Crippen LogP contribution in [0, 0.1) is 5.82 Å². The van der Waals surface area contributed by atoms with Gasteiger partial charge in [0, 0.05) is 25.7 Å². The number of hydrogen-bond acceptors (Lipinski definition) is 6. The predicted molar refractivity (Wildman–Crippen MR) is 154 cm³/mol. The summed E-state index contributed by atoms with van der Waals surface area (Å²) in [5.74, 6) is -0.372. The molecule has 200 valence electrons. The molecule has 2 fully saturated rings. The number of aliphatic imine (C=N–C) groups is 1. The molecule has 7 nitrogen and oxygen atoms in total. The monoisotopic (exact) mass is 577 g/mol. The smallest absolute Gasteiger partial charge is 0.407 e. The average Bonchev–Trinajstić information content (AvgIpc) is 3.21. The van der Waals surface area contributed by atoms with Crippen LogP contribution < -0.4 is 5.43 Å². The molecule has 0 aliphatic carbocycles. The molecule has 4 rings (SSSR count). The molecule has 36 heavy (non-hydrogen) atoms. The average molecular weight is 579 g/mol. The first kappa shape index (κ1) is 30.8. The summed E-state index contributed by atoms with van der Waals surface area (Å²) in [6.07, 6.45) is 4.60. The summed E-state index contributed by atoms with van der Waals surface area (Å²) in [7, 11) is 0. The molecule has 1 aromatic rings. The topological polar surface area (TPSA) is 71.4 Å². The second-order valence-corrected chi connectivity index (χ2v) is 10.1. The molecule has 2 unspecified atom stereocenters. The van der Waals surface area contributed by atoms with Crippen LogP contribution in [0.5, 0.6) is 0 Å². The van der Waals surface area contributed by atoms with E-state index in [1.807, 2.05) is 11.1 Å². The van der Waals surface area contributed by atoms with Crippen LogP contribution in [0.1, 0.15) is 56.7 Å². The third kappa shape index (κ3) is 6.90. The van der Waals surface area contributed by atoms with Gasteiger partial charge < -0.3 is 14.9 Å². The molecular formula is C24H34Cl2FN5O2S2. The molecule has 0 saturated carbocycles. The van der Waals surface area contributed by atoms with Crippen LogP contribution in [0.2, 0.25) is 0 Å². The van der Waals surface area contributed by atoms with Gasteiger partial charge in [-0.05, 0) is 79.9 Å². The Bertz CT molecular complexity index is 1000.